The first-order valence-corrected chi connectivity index (χ1v) is 30.3. The number of unbranched alkanes of at least 4 members (excludes halogenated alkanes) is 9. The van der Waals surface area contributed by atoms with E-state index in [1.165, 1.54) is 25.7 Å². The van der Waals surface area contributed by atoms with Gasteiger partial charge in [0.2, 0.25) is 35.4 Å². The van der Waals surface area contributed by atoms with Crippen molar-refractivity contribution in [3.8, 4) is 0 Å². The first-order chi connectivity index (χ1) is 36.5. The highest BCUT2D eigenvalue weighted by Crippen LogP contribution is 2.48. The Balaban J connectivity index is 0.00000656. The summed E-state index contributed by atoms with van der Waals surface area (Å²) >= 11 is 3.38. The molecule has 4 fully saturated rings. The van der Waals surface area contributed by atoms with E-state index in [1.807, 2.05) is 60.7 Å². The molecule has 0 unspecified atom stereocenters. The van der Waals surface area contributed by atoms with Gasteiger partial charge in [0.05, 0.1) is 48.1 Å². The third kappa shape index (κ3) is 18.4. The van der Waals surface area contributed by atoms with E-state index in [2.05, 4.69) is 59.6 Å². The number of hydrogen-bond acceptors (Lipinski definition) is 12. The molecule has 6 N–H and O–H groups in total. The maximum Gasteiger partial charge on any atom is 0.246 e. The zero-order chi connectivity index (χ0) is 54.8. The van der Waals surface area contributed by atoms with E-state index in [0.29, 0.717) is 63.6 Å². The molecule has 20 heteroatoms. The predicted octanol–water partition coefficient (Wildman–Crippen LogP) is 7.84. The summed E-state index contributed by atoms with van der Waals surface area (Å²) in [4.78, 5) is 86.0. The maximum absolute atomic E-state index is 14.3. The molecule has 0 radical (unpaired) electrons. The highest BCUT2D eigenvalue weighted by molar-refractivity contribution is 8.00. The summed E-state index contributed by atoms with van der Waals surface area (Å²) in [5.41, 5.74) is 0.968. The lowest BCUT2D eigenvalue weighted by molar-refractivity contribution is -0.144. The van der Waals surface area contributed by atoms with Gasteiger partial charge in [-0.2, -0.15) is 0 Å². The van der Waals surface area contributed by atoms with E-state index in [9.17, 15) is 28.8 Å². The van der Waals surface area contributed by atoms with Gasteiger partial charge in [0.25, 0.3) is 0 Å². The largest absolute Gasteiger partial charge is 0.379 e. The summed E-state index contributed by atoms with van der Waals surface area (Å²) in [7, 11) is 3.43. The fraction of sp³-hybridized carbons (Fsp3) is 0.690. The fourth-order valence-corrected chi connectivity index (χ4v) is 14.3. The quantitative estimate of drug-likeness (QED) is 0.0432. The molecule has 10 atom stereocenters. The van der Waals surface area contributed by atoms with Gasteiger partial charge in [-0.3, -0.25) is 28.8 Å². The number of nitrogens with one attached hydrogen (secondary N) is 6. The van der Waals surface area contributed by atoms with Gasteiger partial charge in [-0.1, -0.05) is 140 Å². The van der Waals surface area contributed by atoms with Crippen molar-refractivity contribution in [1.82, 2.24) is 41.7 Å². The number of carbonyl (C=O) groups excluding carboxylic acids is 6. The normalized spacial score (nSPS) is 23.9. The van der Waals surface area contributed by atoms with Crippen LogP contribution in [-0.4, -0.2) is 144 Å². The Hall–Kier alpha value is -3.62. The van der Waals surface area contributed by atoms with Gasteiger partial charge >= 0.3 is 0 Å². The zero-order valence-electron chi connectivity index (χ0n) is 47.5. The van der Waals surface area contributed by atoms with Crippen molar-refractivity contribution in [2.45, 2.75) is 191 Å². The number of thioether (sulfide) groups is 2. The Labute approximate surface area is 486 Å². The summed E-state index contributed by atoms with van der Waals surface area (Å²) in [6.45, 7) is 13.6. The van der Waals surface area contributed by atoms with Crippen molar-refractivity contribution in [3.63, 3.8) is 0 Å². The van der Waals surface area contributed by atoms with Gasteiger partial charge in [-0.25, -0.2) is 0 Å². The van der Waals surface area contributed by atoms with E-state index in [-0.39, 0.29) is 83.1 Å². The standard InChI is InChI=1S/C58H90N8O8S2.2ClH/c1-39(59-7)51(67)61-43-29-33-75-47-35-57(3,4)49(65(47)55(43)71)53(69)63-45(41-25-19-17-20-26-41)37-73-31-23-15-13-11-9-10-12-14-16-24-32-74-38-46(42-27-21-18-22-28-42)64-54(70)50-58(5,6)36-48-66(50)56(72)44(30-34-76-48)62-52(68)40(2)60-8;;/h17-22,25-28,39-40,43-50,59-60H,9-16,23-24,29-38H2,1-8H3,(H,61,67)(H,62,68)(H,63,69)(H,64,70);2*1H/t39-,40-,43-,44-,45+,46+,47-,48-,49+,50+;;/m0../s1. The summed E-state index contributed by atoms with van der Waals surface area (Å²) in [6, 6.07) is 15.4. The molecule has 16 nitrogen and oxygen atoms in total. The van der Waals surface area contributed by atoms with Crippen LogP contribution in [0.2, 0.25) is 0 Å². The second-order valence-electron chi connectivity index (χ2n) is 22.7. The average molecular weight is 1160 g/mol. The van der Waals surface area contributed by atoms with Gasteiger partial charge in [0, 0.05) is 13.2 Å². The van der Waals surface area contributed by atoms with Crippen LogP contribution in [0, 0.1) is 10.8 Å². The first-order valence-electron chi connectivity index (χ1n) is 28.2. The Morgan fingerprint density at radius 3 is 1.23 bits per heavy atom. The lowest BCUT2D eigenvalue weighted by Crippen LogP contribution is -2.58. The molecule has 0 aromatic heterocycles. The highest BCUT2D eigenvalue weighted by atomic mass is 35.5. The Morgan fingerprint density at radius 1 is 0.564 bits per heavy atom. The molecule has 6 amide bonds. The number of amides is 6. The van der Waals surface area contributed by atoms with Crippen molar-refractivity contribution in [2.75, 3.05) is 52.0 Å². The van der Waals surface area contributed by atoms with Crippen LogP contribution >= 0.6 is 48.3 Å². The maximum atomic E-state index is 14.3. The topological polar surface area (TPSA) is 200 Å². The van der Waals surface area contributed by atoms with Gasteiger partial charge in [0.1, 0.15) is 24.2 Å². The van der Waals surface area contributed by atoms with E-state index in [0.717, 1.165) is 49.7 Å². The molecule has 4 aliphatic rings. The van der Waals surface area contributed by atoms with Crippen LogP contribution in [0.25, 0.3) is 0 Å². The van der Waals surface area contributed by atoms with Crippen LogP contribution in [0.5, 0.6) is 0 Å². The van der Waals surface area contributed by atoms with Crippen molar-refractivity contribution < 1.29 is 38.2 Å². The van der Waals surface area contributed by atoms with Crippen LogP contribution < -0.4 is 31.9 Å². The van der Waals surface area contributed by atoms with Gasteiger partial charge in [-0.05, 0) is 99.9 Å². The molecule has 2 aromatic carbocycles. The minimum Gasteiger partial charge on any atom is -0.379 e. The first kappa shape index (κ1) is 66.9. The predicted molar refractivity (Wildman–Crippen MR) is 318 cm³/mol. The number of carbonyl (C=O) groups is 6. The number of hydrogen-bond donors (Lipinski definition) is 6. The number of nitrogens with zero attached hydrogens (tertiary/aromatic N) is 2. The number of fused-ring (bicyclic) bond motifs is 2. The molecule has 78 heavy (non-hydrogen) atoms. The SMILES string of the molecule is CN[C@@H](C)C(=O)N[C@H]1CCS[C@H]2CC(C)(C)[C@@H](C(=O)N[C@H](COCCCCCCCCCCCCOC[C@@H](NC(=O)[C@H]3N4C(=O)[C@@H](NC(=O)[C@H](C)NC)CCS[C@H]4CC3(C)C)c3ccccc3)c3ccccc3)N2C1=O.Cl.Cl. The van der Waals surface area contributed by atoms with E-state index in [1.54, 1.807) is 61.3 Å². The molecule has 0 aliphatic carbocycles. The average Bonchev–Trinajstić information content (AvgIpc) is 3.74. The van der Waals surface area contributed by atoms with E-state index in [4.69, 9.17) is 9.47 Å². The second kappa shape index (κ2) is 32.7. The monoisotopic (exact) mass is 1160 g/mol. The third-order valence-corrected chi connectivity index (χ3v) is 18.3. The van der Waals surface area contributed by atoms with Crippen LogP contribution in [0.1, 0.15) is 155 Å². The zero-order valence-corrected chi connectivity index (χ0v) is 50.7. The minimum atomic E-state index is -0.687. The van der Waals surface area contributed by atoms with Crippen molar-refractivity contribution in [2.24, 2.45) is 10.8 Å². The number of rotatable bonds is 29. The molecule has 0 spiro atoms. The number of halogens is 2. The number of ether oxygens (including phenoxy) is 2. The Kier molecular flexibility index (Phi) is 28.1. The molecule has 0 bridgehead atoms. The molecular weight excluding hydrogens is 1070 g/mol. The molecule has 4 saturated heterocycles. The molecule has 438 valence electrons. The van der Waals surface area contributed by atoms with Crippen molar-refractivity contribution >= 4 is 83.8 Å². The molecule has 6 rings (SSSR count). The molecule has 0 saturated carbocycles. The van der Waals surface area contributed by atoms with Gasteiger partial charge in [0.15, 0.2) is 0 Å². The highest BCUT2D eigenvalue weighted by Gasteiger charge is 2.56. The van der Waals surface area contributed by atoms with Crippen molar-refractivity contribution in [3.05, 3.63) is 71.8 Å². The summed E-state index contributed by atoms with van der Waals surface area (Å²) < 4.78 is 12.5. The minimum absolute atomic E-state index is 0. The number of benzene rings is 2. The molecular formula is C58H92Cl2N8O8S2. The van der Waals surface area contributed by atoms with Gasteiger partial charge < -0.3 is 51.2 Å². The lowest BCUT2D eigenvalue weighted by Gasteiger charge is -2.35. The van der Waals surface area contributed by atoms with E-state index >= 15 is 0 Å². The van der Waals surface area contributed by atoms with Crippen LogP contribution in [-0.2, 0) is 38.2 Å². The van der Waals surface area contributed by atoms with Gasteiger partial charge in [-0.15, -0.1) is 48.3 Å². The fourth-order valence-electron chi connectivity index (χ4n) is 11.1. The molecule has 4 heterocycles. The van der Waals surface area contributed by atoms with E-state index < -0.39 is 47.1 Å². The smallest absolute Gasteiger partial charge is 0.246 e. The second-order valence-corrected chi connectivity index (χ2v) is 25.3. The third-order valence-electron chi connectivity index (χ3n) is 15.8. The van der Waals surface area contributed by atoms with Crippen LogP contribution in [0.15, 0.2) is 60.7 Å². The lowest BCUT2D eigenvalue weighted by atomic mass is 9.83. The van der Waals surface area contributed by atoms with Crippen LogP contribution in [0.3, 0.4) is 0 Å². The molecule has 4 aliphatic heterocycles. The molecule has 2 aromatic rings. The van der Waals surface area contributed by atoms with Crippen molar-refractivity contribution in [1.29, 1.82) is 0 Å². The summed E-state index contributed by atoms with van der Waals surface area (Å²) in [6.07, 6.45) is 13.5. The number of likely N-dealkylation sites (N-methyl/N-ethyl adjacent to an activating group) is 2. The Morgan fingerprint density at radius 2 is 0.897 bits per heavy atom. The van der Waals surface area contributed by atoms with Crippen LogP contribution in [0.4, 0.5) is 0 Å². The summed E-state index contributed by atoms with van der Waals surface area (Å²) in [5.74, 6) is 0.173. The summed E-state index contributed by atoms with van der Waals surface area (Å²) in [5, 5.41) is 18.0. The Bertz CT molecular complexity index is 2050.